The Bertz CT molecular complexity index is 1490. The summed E-state index contributed by atoms with van der Waals surface area (Å²) >= 11 is 0. The summed E-state index contributed by atoms with van der Waals surface area (Å²) in [6.45, 7) is 5.05. The average Bonchev–Trinajstić information content (AvgIpc) is 3.25. The number of amides is 1. The molecule has 3 heterocycles. The Morgan fingerprint density at radius 3 is 2.50 bits per heavy atom. The first-order valence-corrected chi connectivity index (χ1v) is 13.1. The van der Waals surface area contributed by atoms with Gasteiger partial charge in [0.25, 0.3) is 5.91 Å². The highest BCUT2D eigenvalue weighted by atomic mass is 16.5. The van der Waals surface area contributed by atoms with E-state index in [2.05, 4.69) is 4.90 Å². The molecular weight excluding hydrogens is 480 g/mol. The molecule has 1 fully saturated rings. The normalized spacial score (nSPS) is 17.6. The van der Waals surface area contributed by atoms with Crippen LogP contribution in [0.2, 0.25) is 0 Å². The van der Waals surface area contributed by atoms with Gasteiger partial charge in [0.1, 0.15) is 17.9 Å². The Hall–Kier alpha value is -3.94. The second-order valence-corrected chi connectivity index (χ2v) is 9.73. The smallest absolute Gasteiger partial charge is 0.290 e. The summed E-state index contributed by atoms with van der Waals surface area (Å²) in [5, 5.41) is 0.482. The number of carbonyl (C=O) groups is 1. The van der Waals surface area contributed by atoms with Gasteiger partial charge in [0.05, 0.1) is 30.2 Å². The second-order valence-electron chi connectivity index (χ2n) is 9.73. The number of nitrogens with zero attached hydrogens (tertiary/aromatic N) is 2. The molecule has 194 valence electrons. The van der Waals surface area contributed by atoms with Crippen molar-refractivity contribution < 1.29 is 18.7 Å². The van der Waals surface area contributed by atoms with Crippen molar-refractivity contribution in [3.8, 4) is 5.75 Å². The largest absolute Gasteiger partial charge is 0.489 e. The van der Waals surface area contributed by atoms with E-state index < -0.39 is 6.04 Å². The van der Waals surface area contributed by atoms with E-state index in [1.54, 1.807) is 17.0 Å². The van der Waals surface area contributed by atoms with Gasteiger partial charge in [-0.3, -0.25) is 14.5 Å². The predicted octanol–water partition coefficient (Wildman–Crippen LogP) is 4.64. The molecule has 0 saturated carbocycles. The molecule has 2 aliphatic rings. The number of benzene rings is 3. The molecule has 6 rings (SSSR count). The number of hydrogen-bond acceptors (Lipinski definition) is 6. The summed E-state index contributed by atoms with van der Waals surface area (Å²) in [6.07, 6.45) is 0.786. The van der Waals surface area contributed by atoms with Crippen molar-refractivity contribution in [1.82, 2.24) is 9.80 Å². The maximum Gasteiger partial charge on any atom is 0.290 e. The van der Waals surface area contributed by atoms with Crippen LogP contribution in [0.1, 0.15) is 39.7 Å². The lowest BCUT2D eigenvalue weighted by atomic mass is 9.98. The number of morpholine rings is 1. The highest BCUT2D eigenvalue weighted by molar-refractivity contribution is 5.99. The summed E-state index contributed by atoms with van der Waals surface area (Å²) in [5.41, 5.74) is 2.57. The predicted molar refractivity (Wildman–Crippen MR) is 144 cm³/mol. The monoisotopic (exact) mass is 510 g/mol. The third kappa shape index (κ3) is 4.83. The van der Waals surface area contributed by atoms with Gasteiger partial charge in [0, 0.05) is 26.2 Å². The summed E-state index contributed by atoms with van der Waals surface area (Å²) in [4.78, 5) is 31.5. The van der Waals surface area contributed by atoms with Crippen molar-refractivity contribution in [2.24, 2.45) is 0 Å². The SMILES string of the molecule is O=C1c2oc3ccccc3c(=O)c2C(c2cccc(OCc3ccccc3)c2)N1CCCN1CCOCC1. The van der Waals surface area contributed by atoms with E-state index in [9.17, 15) is 9.59 Å². The third-order valence-electron chi connectivity index (χ3n) is 7.27. The Labute approximate surface area is 221 Å². The molecule has 7 nitrogen and oxygen atoms in total. The molecule has 0 bridgehead atoms. The van der Waals surface area contributed by atoms with Crippen LogP contribution in [0.4, 0.5) is 0 Å². The quantitative estimate of drug-likeness (QED) is 0.344. The summed E-state index contributed by atoms with van der Waals surface area (Å²) in [5.74, 6) is 0.580. The van der Waals surface area contributed by atoms with Gasteiger partial charge >= 0.3 is 0 Å². The first-order chi connectivity index (χ1) is 18.7. The number of hydrogen-bond donors (Lipinski definition) is 0. The lowest BCUT2D eigenvalue weighted by Crippen LogP contribution is -2.38. The second kappa shape index (κ2) is 10.8. The number of fused-ring (bicyclic) bond motifs is 2. The molecule has 0 radical (unpaired) electrons. The van der Waals surface area contributed by atoms with Gasteiger partial charge in [0.2, 0.25) is 5.76 Å². The summed E-state index contributed by atoms with van der Waals surface area (Å²) < 4.78 is 17.6. The first kappa shape index (κ1) is 24.4. The molecular formula is C31H30N2O5. The number of carbonyl (C=O) groups excluding carboxylic acids is 1. The zero-order valence-corrected chi connectivity index (χ0v) is 21.2. The highest BCUT2D eigenvalue weighted by Gasteiger charge is 2.42. The van der Waals surface area contributed by atoms with Crippen LogP contribution in [0.25, 0.3) is 11.0 Å². The zero-order chi connectivity index (χ0) is 25.9. The fourth-order valence-electron chi connectivity index (χ4n) is 5.35. The summed E-state index contributed by atoms with van der Waals surface area (Å²) in [6, 6.07) is 24.2. The minimum atomic E-state index is -0.539. The molecule has 1 saturated heterocycles. The molecule has 1 unspecified atom stereocenters. The molecule has 1 amide bonds. The zero-order valence-electron chi connectivity index (χ0n) is 21.2. The van der Waals surface area contributed by atoms with Crippen LogP contribution in [0.3, 0.4) is 0 Å². The van der Waals surface area contributed by atoms with E-state index in [0.29, 0.717) is 35.4 Å². The first-order valence-electron chi connectivity index (χ1n) is 13.1. The van der Waals surface area contributed by atoms with E-state index in [4.69, 9.17) is 13.9 Å². The molecule has 1 aromatic heterocycles. The Balaban J connectivity index is 1.33. The minimum Gasteiger partial charge on any atom is -0.489 e. The van der Waals surface area contributed by atoms with Gasteiger partial charge in [-0.05, 0) is 41.8 Å². The van der Waals surface area contributed by atoms with Crippen molar-refractivity contribution in [2.45, 2.75) is 19.1 Å². The number of para-hydroxylation sites is 1. The molecule has 38 heavy (non-hydrogen) atoms. The lowest BCUT2D eigenvalue weighted by Gasteiger charge is -2.29. The van der Waals surface area contributed by atoms with Gasteiger partial charge in [-0.1, -0.05) is 54.6 Å². The summed E-state index contributed by atoms with van der Waals surface area (Å²) in [7, 11) is 0. The van der Waals surface area contributed by atoms with Crippen LogP contribution in [-0.2, 0) is 11.3 Å². The minimum absolute atomic E-state index is 0.140. The molecule has 7 heteroatoms. The standard InChI is InChI=1S/C31H30N2O5/c34-29-25-12-4-5-13-26(25)38-30-27(29)28(33(31(30)35)15-7-14-32-16-18-36-19-17-32)23-10-6-11-24(20-23)37-21-22-8-2-1-3-9-22/h1-6,8-13,20,28H,7,14-19,21H2. The Morgan fingerprint density at radius 1 is 0.868 bits per heavy atom. The highest BCUT2D eigenvalue weighted by Crippen LogP contribution is 2.39. The van der Waals surface area contributed by atoms with Crippen molar-refractivity contribution >= 4 is 16.9 Å². The van der Waals surface area contributed by atoms with Crippen molar-refractivity contribution in [1.29, 1.82) is 0 Å². The van der Waals surface area contributed by atoms with Crippen LogP contribution in [0.15, 0.2) is 88.1 Å². The van der Waals surface area contributed by atoms with Crippen molar-refractivity contribution in [3.63, 3.8) is 0 Å². The van der Waals surface area contributed by atoms with Crippen molar-refractivity contribution in [3.05, 3.63) is 112 Å². The van der Waals surface area contributed by atoms with Crippen LogP contribution < -0.4 is 10.2 Å². The van der Waals surface area contributed by atoms with Crippen molar-refractivity contribution in [2.75, 3.05) is 39.4 Å². The molecule has 0 aliphatic carbocycles. The van der Waals surface area contributed by atoms with E-state index in [1.165, 1.54) is 0 Å². The van der Waals surface area contributed by atoms with E-state index in [0.717, 1.165) is 50.4 Å². The fraction of sp³-hybridized carbons (Fsp3) is 0.290. The topological polar surface area (TPSA) is 72.2 Å². The molecule has 4 aromatic rings. The molecule has 3 aromatic carbocycles. The average molecular weight is 511 g/mol. The van der Waals surface area contributed by atoms with Crippen LogP contribution in [0, 0.1) is 0 Å². The number of rotatable bonds is 8. The fourth-order valence-corrected chi connectivity index (χ4v) is 5.35. The maximum absolute atomic E-state index is 13.7. The molecule has 1 atom stereocenters. The third-order valence-corrected chi connectivity index (χ3v) is 7.27. The van der Waals surface area contributed by atoms with Crippen LogP contribution in [-0.4, -0.2) is 55.1 Å². The van der Waals surface area contributed by atoms with Gasteiger partial charge in [-0.25, -0.2) is 0 Å². The Kier molecular flexibility index (Phi) is 6.94. The van der Waals surface area contributed by atoms with Gasteiger partial charge < -0.3 is 18.8 Å². The van der Waals surface area contributed by atoms with Gasteiger partial charge in [-0.15, -0.1) is 0 Å². The Morgan fingerprint density at radius 2 is 1.66 bits per heavy atom. The van der Waals surface area contributed by atoms with Crippen LogP contribution >= 0.6 is 0 Å². The lowest BCUT2D eigenvalue weighted by molar-refractivity contribution is 0.0353. The van der Waals surface area contributed by atoms with Gasteiger partial charge in [0.15, 0.2) is 5.43 Å². The van der Waals surface area contributed by atoms with Gasteiger partial charge in [-0.2, -0.15) is 0 Å². The van der Waals surface area contributed by atoms with E-state index in [1.807, 2.05) is 66.7 Å². The van der Waals surface area contributed by atoms with E-state index in [-0.39, 0.29) is 17.1 Å². The maximum atomic E-state index is 13.7. The molecule has 2 aliphatic heterocycles. The van der Waals surface area contributed by atoms with E-state index >= 15 is 0 Å². The van der Waals surface area contributed by atoms with Crippen LogP contribution in [0.5, 0.6) is 5.75 Å². The number of ether oxygens (including phenoxy) is 2. The molecule has 0 spiro atoms. The molecule has 0 N–H and O–H groups in total.